The SMILES string of the molecule is CCCCCCCCCCCC(CCC(O)CCC(=O)[O-])OCc1ccccc1.CCCCCCCCCCCC(CCC(O)CCC(=O)[O-])OCc1ccccc1.[Ba+2]. The van der Waals surface area contributed by atoms with E-state index in [1.165, 1.54) is 103 Å². The molecule has 0 aliphatic carbocycles. The Morgan fingerprint density at radius 2 is 0.763 bits per heavy atom. The van der Waals surface area contributed by atoms with E-state index >= 15 is 0 Å². The number of unbranched alkanes of at least 4 members (excludes halogenated alkanes) is 16. The molecule has 9 heteroatoms. The second-order valence-corrected chi connectivity index (χ2v) is 16.4. The molecule has 2 aromatic rings. The molecule has 2 N–H and O–H groups in total. The summed E-state index contributed by atoms with van der Waals surface area (Å²) in [6.07, 6.45) is 27.4. The standard InChI is InChI=1S/2C25H42O4.Ba/c2*1-2-3-4-5-6-7-8-9-13-16-24(19-17-23(26)18-20-25(27)28)29-21-22-14-11-10-12-15-22;/h2*10-12,14-15,23-24,26H,2-9,13,16-21H2,1H3,(H,27,28);/q;;+2/p-2. The summed E-state index contributed by atoms with van der Waals surface area (Å²) in [5.41, 5.74) is 2.31. The Kier molecular flexibility index (Phi) is 41.2. The molecule has 2 aromatic carbocycles. The van der Waals surface area contributed by atoms with Crippen molar-refractivity contribution < 1.29 is 39.5 Å². The van der Waals surface area contributed by atoms with Crippen LogP contribution in [0.3, 0.4) is 0 Å². The number of carbonyl (C=O) groups excluding carboxylic acids is 2. The Hall–Kier alpha value is -1.21. The first kappa shape index (κ1) is 57.8. The Balaban J connectivity index is 0.00000112. The molecule has 0 saturated carbocycles. The van der Waals surface area contributed by atoms with Gasteiger partial charge in [0.15, 0.2) is 0 Å². The monoisotopic (exact) mass is 949 g/mol. The van der Waals surface area contributed by atoms with Gasteiger partial charge < -0.3 is 39.5 Å². The maximum Gasteiger partial charge on any atom is 2.00 e. The van der Waals surface area contributed by atoms with Crippen LogP contribution in [0.25, 0.3) is 0 Å². The van der Waals surface area contributed by atoms with Crippen LogP contribution in [-0.4, -0.2) is 95.4 Å². The number of aliphatic hydroxyl groups is 2. The number of carbonyl (C=O) groups is 2. The van der Waals surface area contributed by atoms with Gasteiger partial charge in [-0.3, -0.25) is 0 Å². The maximum atomic E-state index is 10.6. The normalized spacial score (nSPS) is 13.1. The number of benzene rings is 2. The van der Waals surface area contributed by atoms with Crippen LogP contribution in [0.5, 0.6) is 0 Å². The minimum Gasteiger partial charge on any atom is -0.550 e. The summed E-state index contributed by atoms with van der Waals surface area (Å²) in [6.45, 7) is 5.66. The molecular formula is C50H82BaO8. The van der Waals surface area contributed by atoms with Crippen molar-refractivity contribution in [1.29, 1.82) is 0 Å². The van der Waals surface area contributed by atoms with Crippen LogP contribution in [0.15, 0.2) is 60.7 Å². The minimum absolute atomic E-state index is 0. The topological polar surface area (TPSA) is 139 Å². The van der Waals surface area contributed by atoms with Crippen LogP contribution >= 0.6 is 0 Å². The Labute approximate surface area is 400 Å². The average Bonchev–Trinajstić information content (AvgIpc) is 3.23. The van der Waals surface area contributed by atoms with Gasteiger partial charge in [-0.15, -0.1) is 0 Å². The molecule has 0 aliphatic rings. The molecule has 0 aliphatic heterocycles. The van der Waals surface area contributed by atoms with Gasteiger partial charge in [0.2, 0.25) is 0 Å². The second-order valence-electron chi connectivity index (χ2n) is 16.4. The summed E-state index contributed by atoms with van der Waals surface area (Å²) >= 11 is 0. The molecule has 59 heavy (non-hydrogen) atoms. The number of hydrogen-bond donors (Lipinski definition) is 2. The van der Waals surface area contributed by atoms with Gasteiger partial charge in [0.25, 0.3) is 0 Å². The summed E-state index contributed by atoms with van der Waals surface area (Å²) in [5.74, 6) is -2.20. The van der Waals surface area contributed by atoms with Crippen molar-refractivity contribution in [3.63, 3.8) is 0 Å². The first-order chi connectivity index (χ1) is 28.2. The second kappa shape index (κ2) is 42.1. The van der Waals surface area contributed by atoms with Gasteiger partial charge >= 0.3 is 48.9 Å². The van der Waals surface area contributed by atoms with E-state index in [1.54, 1.807) is 0 Å². The van der Waals surface area contributed by atoms with E-state index in [-0.39, 0.29) is 86.8 Å². The van der Waals surface area contributed by atoms with Gasteiger partial charge in [0.05, 0.1) is 37.6 Å². The van der Waals surface area contributed by atoms with Crippen molar-refractivity contribution in [3.05, 3.63) is 71.8 Å². The molecule has 4 unspecified atom stereocenters. The third-order valence-corrected chi connectivity index (χ3v) is 10.9. The molecule has 0 saturated heterocycles. The van der Waals surface area contributed by atoms with Crippen molar-refractivity contribution in [2.45, 2.75) is 231 Å². The molecule has 4 atom stereocenters. The fourth-order valence-electron chi connectivity index (χ4n) is 7.18. The minimum atomic E-state index is -1.10. The maximum absolute atomic E-state index is 10.6. The molecule has 0 bridgehead atoms. The fourth-order valence-corrected chi connectivity index (χ4v) is 7.18. The van der Waals surface area contributed by atoms with Crippen molar-refractivity contribution >= 4 is 60.8 Å². The number of ether oxygens (including phenoxy) is 2. The van der Waals surface area contributed by atoms with E-state index in [1.807, 2.05) is 36.4 Å². The van der Waals surface area contributed by atoms with Crippen LogP contribution in [-0.2, 0) is 32.3 Å². The first-order valence-corrected chi connectivity index (χ1v) is 23.3. The fraction of sp³-hybridized carbons (Fsp3) is 0.720. The van der Waals surface area contributed by atoms with Gasteiger partial charge in [-0.25, -0.2) is 0 Å². The van der Waals surface area contributed by atoms with Crippen LogP contribution in [0.4, 0.5) is 0 Å². The number of rotatable bonds is 38. The summed E-state index contributed by atoms with van der Waals surface area (Å²) in [5, 5.41) is 41.1. The summed E-state index contributed by atoms with van der Waals surface area (Å²) in [6, 6.07) is 20.3. The van der Waals surface area contributed by atoms with Crippen molar-refractivity contribution in [1.82, 2.24) is 0 Å². The molecule has 0 aromatic heterocycles. The summed E-state index contributed by atoms with van der Waals surface area (Å²) in [7, 11) is 0. The van der Waals surface area contributed by atoms with Crippen LogP contribution < -0.4 is 10.2 Å². The van der Waals surface area contributed by atoms with E-state index in [4.69, 9.17) is 9.47 Å². The predicted octanol–water partition coefficient (Wildman–Crippen LogP) is 9.95. The molecule has 2 rings (SSSR count). The molecule has 332 valence electrons. The number of aliphatic carboxylic acids is 2. The van der Waals surface area contributed by atoms with Gasteiger partial charge in [0.1, 0.15) is 0 Å². The van der Waals surface area contributed by atoms with Crippen molar-refractivity contribution in [3.8, 4) is 0 Å². The van der Waals surface area contributed by atoms with Crippen molar-refractivity contribution in [2.24, 2.45) is 0 Å². The molecule has 0 radical (unpaired) electrons. The van der Waals surface area contributed by atoms with Crippen molar-refractivity contribution in [2.75, 3.05) is 0 Å². The number of carboxylic acids is 2. The van der Waals surface area contributed by atoms with E-state index in [9.17, 15) is 30.0 Å². The summed E-state index contributed by atoms with van der Waals surface area (Å²) < 4.78 is 12.3. The van der Waals surface area contributed by atoms with Crippen LogP contribution in [0.2, 0.25) is 0 Å². The Bertz CT molecular complexity index is 1110. The van der Waals surface area contributed by atoms with Gasteiger partial charge in [-0.1, -0.05) is 190 Å². The number of carboxylic acid groups (broad SMARTS) is 2. The molecular weight excluding hydrogens is 866 g/mol. The predicted molar refractivity (Wildman–Crippen MR) is 238 cm³/mol. The van der Waals surface area contributed by atoms with Crippen LogP contribution in [0, 0.1) is 0 Å². The number of hydrogen-bond acceptors (Lipinski definition) is 8. The van der Waals surface area contributed by atoms with E-state index in [0.29, 0.717) is 26.1 Å². The molecule has 0 spiro atoms. The Morgan fingerprint density at radius 3 is 1.07 bits per heavy atom. The van der Waals surface area contributed by atoms with Gasteiger partial charge in [-0.05, 0) is 75.3 Å². The third kappa shape index (κ3) is 38.2. The summed E-state index contributed by atoms with van der Waals surface area (Å²) in [4.78, 5) is 21.1. The van der Waals surface area contributed by atoms with E-state index in [2.05, 4.69) is 38.1 Å². The quantitative estimate of drug-likeness (QED) is 0.0501. The number of aliphatic hydroxyl groups excluding tert-OH is 2. The molecule has 0 fully saturated rings. The molecule has 0 heterocycles. The largest absolute Gasteiger partial charge is 2.00 e. The first-order valence-electron chi connectivity index (χ1n) is 23.3. The Morgan fingerprint density at radius 1 is 0.458 bits per heavy atom. The third-order valence-electron chi connectivity index (χ3n) is 10.9. The van der Waals surface area contributed by atoms with Gasteiger partial charge in [-0.2, -0.15) is 0 Å². The zero-order valence-corrected chi connectivity index (χ0v) is 41.8. The van der Waals surface area contributed by atoms with Gasteiger partial charge in [0, 0.05) is 11.9 Å². The molecule has 0 amide bonds. The molecule has 8 nitrogen and oxygen atoms in total. The van der Waals surface area contributed by atoms with E-state index in [0.717, 1.165) is 49.7 Å². The smallest absolute Gasteiger partial charge is 0.550 e. The van der Waals surface area contributed by atoms with Crippen LogP contribution in [0.1, 0.15) is 205 Å². The average molecular weight is 949 g/mol. The zero-order chi connectivity index (χ0) is 42.3. The zero-order valence-electron chi connectivity index (χ0n) is 37.3. The van der Waals surface area contributed by atoms with E-state index < -0.39 is 24.1 Å².